The highest BCUT2D eigenvalue weighted by molar-refractivity contribution is 6.04. The minimum Gasteiger partial charge on any atom is -0.378 e. The fraction of sp³-hybridized carbons (Fsp3) is 0.638. The standard InChI is InChI=1S/C58H85N3O5/c1-10-12-13-14-15-16-17-18-19-20-21-22-23-24-25-26-27-28-29-30-50(63)60-37-39-66-40-38-61-52(65)58(35-33-53(3,4)11-2)36-34-56(8)46(43-58)47(62)41-49-55(7)42-45(44-59)51(64)54(5,6)48(55)31-32-57(49,56)9/h12-13,15-16,18-19,21-22,24-25,27-28,41-42,46,48H,10-11,14,17,20,23,26,29-40,43H2,1-9H3,(H,60,63)(H,61,65). The quantitative estimate of drug-likeness (QED) is 0.0694. The van der Waals surface area contributed by atoms with E-state index in [4.69, 9.17) is 4.74 Å². The molecule has 2 saturated carbocycles. The fourth-order valence-electron chi connectivity index (χ4n) is 11.5. The van der Waals surface area contributed by atoms with E-state index in [9.17, 15) is 24.4 Å². The molecule has 2 N–H and O–H groups in total. The van der Waals surface area contributed by atoms with Gasteiger partial charge in [-0.3, -0.25) is 19.2 Å². The van der Waals surface area contributed by atoms with Crippen LogP contribution in [-0.4, -0.2) is 49.7 Å². The summed E-state index contributed by atoms with van der Waals surface area (Å²) < 4.78 is 5.84. The SMILES string of the molecule is CCC=CCC=CCC=CCC=CCC=CCC=CCCC(=O)NCCOCCNC(=O)C1(CCC(C)(C)CC)CCC2(C)C(C1)C(=O)C=C1C3(C)C=C(C#N)C(=O)C(C)(C)C3CCC12C. The predicted octanol–water partition coefficient (Wildman–Crippen LogP) is 12.7. The molecule has 4 rings (SSSR count). The molecule has 2 fully saturated rings. The Balaban J connectivity index is 1.21. The van der Waals surface area contributed by atoms with E-state index in [-0.39, 0.29) is 57.0 Å². The molecule has 4 aliphatic carbocycles. The van der Waals surface area contributed by atoms with Gasteiger partial charge >= 0.3 is 0 Å². The van der Waals surface area contributed by atoms with Crippen molar-refractivity contribution in [3.05, 3.63) is 96.2 Å². The normalized spacial score (nSPS) is 28.8. The Morgan fingerprint density at radius 1 is 0.803 bits per heavy atom. The van der Waals surface area contributed by atoms with Crippen molar-refractivity contribution < 1.29 is 23.9 Å². The maximum absolute atomic E-state index is 14.6. The summed E-state index contributed by atoms with van der Waals surface area (Å²) in [5.41, 5.74) is -1.36. The van der Waals surface area contributed by atoms with Crippen LogP contribution in [0.25, 0.3) is 0 Å². The van der Waals surface area contributed by atoms with Gasteiger partial charge in [0, 0.05) is 41.7 Å². The van der Waals surface area contributed by atoms with Crippen LogP contribution in [0.1, 0.15) is 165 Å². The molecule has 0 saturated heterocycles. The zero-order chi connectivity index (χ0) is 48.5. The molecular weight excluding hydrogens is 819 g/mol. The number of allylic oxidation sites excluding steroid dienone is 16. The van der Waals surface area contributed by atoms with Crippen LogP contribution in [0.2, 0.25) is 0 Å². The number of nitrogens with zero attached hydrogens (tertiary/aromatic N) is 1. The van der Waals surface area contributed by atoms with Crippen LogP contribution in [-0.2, 0) is 23.9 Å². The van der Waals surface area contributed by atoms with Crippen LogP contribution in [0.4, 0.5) is 0 Å². The Kier molecular flexibility index (Phi) is 20.2. The first-order valence-corrected chi connectivity index (χ1v) is 25.3. The van der Waals surface area contributed by atoms with Crippen molar-refractivity contribution in [2.75, 3.05) is 26.3 Å². The first-order chi connectivity index (χ1) is 31.4. The van der Waals surface area contributed by atoms with Crippen molar-refractivity contribution in [2.45, 2.75) is 165 Å². The highest BCUT2D eigenvalue weighted by atomic mass is 16.5. The molecule has 0 aromatic heterocycles. The van der Waals surface area contributed by atoms with Crippen LogP contribution in [0.15, 0.2) is 96.2 Å². The Morgan fingerprint density at radius 3 is 1.92 bits per heavy atom. The number of amides is 2. The summed E-state index contributed by atoms with van der Waals surface area (Å²) in [5, 5.41) is 16.2. The van der Waals surface area contributed by atoms with Gasteiger partial charge in [0.05, 0.1) is 18.8 Å². The molecule has 0 heterocycles. The van der Waals surface area contributed by atoms with E-state index >= 15 is 0 Å². The van der Waals surface area contributed by atoms with E-state index in [1.807, 2.05) is 26.0 Å². The molecule has 0 radical (unpaired) electrons. The molecule has 6 unspecified atom stereocenters. The Labute approximate surface area is 399 Å². The van der Waals surface area contributed by atoms with Gasteiger partial charge in [-0.05, 0) is 118 Å². The van der Waals surface area contributed by atoms with Crippen molar-refractivity contribution in [3.8, 4) is 6.07 Å². The molecule has 8 nitrogen and oxygen atoms in total. The molecule has 4 aliphatic rings. The van der Waals surface area contributed by atoms with Gasteiger partial charge in [-0.2, -0.15) is 5.26 Å². The lowest BCUT2D eigenvalue weighted by atomic mass is 9.36. The molecule has 0 aliphatic heterocycles. The summed E-state index contributed by atoms with van der Waals surface area (Å²) in [6.07, 6.45) is 42.9. The maximum Gasteiger partial charge on any atom is 0.226 e. The van der Waals surface area contributed by atoms with Gasteiger partial charge in [0.1, 0.15) is 6.07 Å². The van der Waals surface area contributed by atoms with Gasteiger partial charge in [0.25, 0.3) is 0 Å². The van der Waals surface area contributed by atoms with Gasteiger partial charge in [-0.1, -0.05) is 153 Å². The highest BCUT2D eigenvalue weighted by Crippen LogP contribution is 2.72. The number of rotatable bonds is 25. The molecule has 0 spiro atoms. The number of fused-ring (bicyclic) bond motifs is 5. The zero-order valence-corrected chi connectivity index (χ0v) is 42.4. The zero-order valence-electron chi connectivity index (χ0n) is 42.4. The third kappa shape index (κ3) is 13.2. The second-order valence-electron chi connectivity index (χ2n) is 21.5. The van der Waals surface area contributed by atoms with Gasteiger partial charge in [0.2, 0.25) is 11.8 Å². The predicted molar refractivity (Wildman–Crippen MR) is 270 cm³/mol. The summed E-state index contributed by atoms with van der Waals surface area (Å²) >= 11 is 0. The molecule has 66 heavy (non-hydrogen) atoms. The van der Waals surface area contributed by atoms with E-state index in [1.165, 1.54) is 0 Å². The van der Waals surface area contributed by atoms with Crippen molar-refractivity contribution >= 4 is 23.4 Å². The van der Waals surface area contributed by atoms with E-state index in [0.717, 1.165) is 76.2 Å². The topological polar surface area (TPSA) is 125 Å². The fourth-order valence-corrected chi connectivity index (χ4v) is 11.5. The summed E-state index contributed by atoms with van der Waals surface area (Å²) in [4.78, 5) is 54.8. The first-order valence-electron chi connectivity index (χ1n) is 25.3. The van der Waals surface area contributed by atoms with Crippen LogP contribution in [0.5, 0.6) is 0 Å². The lowest BCUT2D eigenvalue weighted by Crippen LogP contribution is -2.62. The molecule has 0 bridgehead atoms. The summed E-state index contributed by atoms with van der Waals surface area (Å²) in [6.45, 7) is 21.0. The number of hydrogen-bond donors (Lipinski definition) is 2. The summed E-state index contributed by atoms with van der Waals surface area (Å²) in [7, 11) is 0. The van der Waals surface area contributed by atoms with E-state index in [0.29, 0.717) is 58.4 Å². The Hall–Kier alpha value is -4.35. The number of ether oxygens (including phenoxy) is 1. The lowest BCUT2D eigenvalue weighted by Gasteiger charge is -2.66. The molecule has 362 valence electrons. The number of ketones is 2. The smallest absolute Gasteiger partial charge is 0.226 e. The lowest BCUT2D eigenvalue weighted by molar-refractivity contribution is -0.154. The number of carbonyl (C=O) groups is 4. The van der Waals surface area contributed by atoms with Gasteiger partial charge in [-0.25, -0.2) is 0 Å². The van der Waals surface area contributed by atoms with Crippen molar-refractivity contribution in [3.63, 3.8) is 0 Å². The van der Waals surface area contributed by atoms with E-state index in [2.05, 4.69) is 138 Å². The van der Waals surface area contributed by atoms with Crippen molar-refractivity contribution in [1.29, 1.82) is 5.26 Å². The Morgan fingerprint density at radius 2 is 1.36 bits per heavy atom. The Bertz CT molecular complexity index is 1990. The third-order valence-electron chi connectivity index (χ3n) is 16.4. The average molecular weight is 904 g/mol. The number of Topliss-reactive ketones (excluding diaryl/α,β-unsaturated/α-hetero) is 1. The first kappa shape index (κ1) is 54.3. The summed E-state index contributed by atoms with van der Waals surface area (Å²) in [5.74, 6) is -0.365. The maximum atomic E-state index is 14.6. The molecule has 0 aromatic carbocycles. The monoisotopic (exact) mass is 904 g/mol. The minimum atomic E-state index is -0.711. The third-order valence-corrected chi connectivity index (χ3v) is 16.4. The van der Waals surface area contributed by atoms with Crippen LogP contribution < -0.4 is 10.6 Å². The van der Waals surface area contributed by atoms with Crippen molar-refractivity contribution in [2.24, 2.45) is 44.3 Å². The average Bonchev–Trinajstić information content (AvgIpc) is 3.28. The highest BCUT2D eigenvalue weighted by Gasteiger charge is 2.67. The van der Waals surface area contributed by atoms with Crippen LogP contribution in [0.3, 0.4) is 0 Å². The van der Waals surface area contributed by atoms with Gasteiger partial charge in [0.15, 0.2) is 11.6 Å². The van der Waals surface area contributed by atoms with E-state index < -0.39 is 16.2 Å². The van der Waals surface area contributed by atoms with Crippen LogP contribution in [0, 0.1) is 55.7 Å². The van der Waals surface area contributed by atoms with Crippen LogP contribution >= 0.6 is 0 Å². The number of nitriles is 1. The second-order valence-corrected chi connectivity index (χ2v) is 21.5. The van der Waals surface area contributed by atoms with E-state index in [1.54, 1.807) is 0 Å². The molecule has 6 atom stereocenters. The molecular formula is C58H85N3O5. The van der Waals surface area contributed by atoms with Gasteiger partial charge < -0.3 is 15.4 Å². The summed E-state index contributed by atoms with van der Waals surface area (Å²) in [6, 6.07) is 2.19. The number of carbonyl (C=O) groups excluding carboxylic acids is 4. The number of hydrogen-bond acceptors (Lipinski definition) is 6. The largest absolute Gasteiger partial charge is 0.378 e. The second kappa shape index (κ2) is 24.6. The molecule has 8 heteroatoms. The number of nitrogens with one attached hydrogen (secondary N) is 2. The van der Waals surface area contributed by atoms with Crippen molar-refractivity contribution in [1.82, 2.24) is 10.6 Å². The van der Waals surface area contributed by atoms with Gasteiger partial charge in [-0.15, -0.1) is 0 Å². The minimum absolute atomic E-state index is 0.000270. The molecule has 2 amide bonds. The molecule has 0 aromatic rings.